The summed E-state index contributed by atoms with van der Waals surface area (Å²) in [5, 5.41) is 3.75. The van der Waals surface area contributed by atoms with Gasteiger partial charge in [0, 0.05) is 12.1 Å². The van der Waals surface area contributed by atoms with Gasteiger partial charge in [-0.3, -0.25) is 0 Å². The van der Waals surface area contributed by atoms with Crippen molar-refractivity contribution in [3.63, 3.8) is 0 Å². The fraction of sp³-hybridized carbons (Fsp3) is 1.00. The molecule has 2 saturated heterocycles. The van der Waals surface area contributed by atoms with Crippen LogP contribution in [0, 0.1) is 0 Å². The van der Waals surface area contributed by atoms with E-state index in [1.807, 2.05) is 0 Å². The molecule has 2 rings (SSSR count). The lowest BCUT2D eigenvalue weighted by molar-refractivity contribution is 0.174. The average Bonchev–Trinajstić information content (AvgIpc) is 2.33. The summed E-state index contributed by atoms with van der Waals surface area (Å²) < 4.78 is 0. The van der Waals surface area contributed by atoms with Crippen molar-refractivity contribution in [2.24, 2.45) is 0 Å². The van der Waals surface area contributed by atoms with E-state index in [4.69, 9.17) is 0 Å². The van der Waals surface area contributed by atoms with Gasteiger partial charge in [-0.15, -0.1) is 0 Å². The van der Waals surface area contributed by atoms with Gasteiger partial charge in [-0.25, -0.2) is 0 Å². The maximum atomic E-state index is 3.75. The molecule has 2 fully saturated rings. The van der Waals surface area contributed by atoms with Crippen molar-refractivity contribution >= 4 is 11.8 Å². The average molecular weight is 242 g/mol. The molecule has 2 aliphatic heterocycles. The Bertz CT molecular complexity index is 192. The Morgan fingerprint density at radius 1 is 1.19 bits per heavy atom. The molecule has 16 heavy (non-hydrogen) atoms. The van der Waals surface area contributed by atoms with Crippen LogP contribution >= 0.6 is 11.8 Å². The highest BCUT2D eigenvalue weighted by atomic mass is 32.2. The predicted molar refractivity (Wildman–Crippen MR) is 73.2 cm³/mol. The van der Waals surface area contributed by atoms with Crippen molar-refractivity contribution in [2.75, 3.05) is 31.6 Å². The second-order valence-corrected chi connectivity index (χ2v) is 6.48. The minimum atomic E-state index is 0.815. The third kappa shape index (κ3) is 3.94. The largest absolute Gasteiger partial charge is 0.314 e. The molecular weight excluding hydrogens is 216 g/mol. The van der Waals surface area contributed by atoms with Crippen molar-refractivity contribution in [3.8, 4) is 0 Å². The molecule has 1 N–H and O–H groups in total. The number of thioether (sulfide) groups is 1. The van der Waals surface area contributed by atoms with E-state index in [1.165, 1.54) is 63.1 Å². The third-order valence-corrected chi connectivity index (χ3v) is 5.10. The van der Waals surface area contributed by atoms with E-state index in [2.05, 4.69) is 29.0 Å². The van der Waals surface area contributed by atoms with Gasteiger partial charge < -0.3 is 10.2 Å². The van der Waals surface area contributed by atoms with Crippen LogP contribution in [0.2, 0.25) is 0 Å². The first-order valence-electron chi connectivity index (χ1n) is 6.87. The van der Waals surface area contributed by atoms with E-state index >= 15 is 0 Å². The Hall–Kier alpha value is 0.270. The summed E-state index contributed by atoms with van der Waals surface area (Å²) in [7, 11) is 2.29. The second kappa shape index (κ2) is 6.87. The van der Waals surface area contributed by atoms with E-state index in [0.717, 1.165) is 12.1 Å². The van der Waals surface area contributed by atoms with E-state index < -0.39 is 0 Å². The van der Waals surface area contributed by atoms with Gasteiger partial charge in [0.25, 0.3) is 0 Å². The molecule has 0 spiro atoms. The molecule has 0 aromatic heterocycles. The summed E-state index contributed by atoms with van der Waals surface area (Å²) in [5.74, 6) is 2.72. The van der Waals surface area contributed by atoms with Crippen LogP contribution in [0.15, 0.2) is 0 Å². The highest BCUT2D eigenvalue weighted by Crippen LogP contribution is 2.19. The fourth-order valence-electron chi connectivity index (χ4n) is 2.86. The molecule has 0 aliphatic carbocycles. The molecule has 0 bridgehead atoms. The summed E-state index contributed by atoms with van der Waals surface area (Å²) in [6.07, 6.45) is 8.37. The fourth-order valence-corrected chi connectivity index (χ4v) is 3.97. The Labute approximate surface area is 105 Å². The zero-order chi connectivity index (χ0) is 11.2. The van der Waals surface area contributed by atoms with Gasteiger partial charge in [0.05, 0.1) is 0 Å². The summed E-state index contributed by atoms with van der Waals surface area (Å²) in [6.45, 7) is 2.54. The van der Waals surface area contributed by atoms with Gasteiger partial charge in [0.15, 0.2) is 0 Å². The second-order valence-electron chi connectivity index (χ2n) is 5.26. The van der Waals surface area contributed by atoms with Crippen LogP contribution in [-0.2, 0) is 0 Å². The van der Waals surface area contributed by atoms with Crippen molar-refractivity contribution in [2.45, 2.75) is 50.6 Å². The molecule has 2 nitrogen and oxygen atoms in total. The van der Waals surface area contributed by atoms with Crippen LogP contribution in [0.3, 0.4) is 0 Å². The summed E-state index contributed by atoms with van der Waals surface area (Å²) in [5.41, 5.74) is 0. The van der Waals surface area contributed by atoms with Crippen LogP contribution in [0.1, 0.15) is 38.5 Å². The SMILES string of the molecule is CN1CCCCC1CCNC1CCSCC1. The molecule has 94 valence electrons. The van der Waals surface area contributed by atoms with E-state index in [0.29, 0.717) is 0 Å². The van der Waals surface area contributed by atoms with E-state index in [1.54, 1.807) is 0 Å². The quantitative estimate of drug-likeness (QED) is 0.815. The number of nitrogens with one attached hydrogen (secondary N) is 1. The zero-order valence-corrected chi connectivity index (χ0v) is 11.4. The molecule has 0 aromatic carbocycles. The summed E-state index contributed by atoms with van der Waals surface area (Å²) in [6, 6.07) is 1.66. The number of piperidine rings is 1. The molecule has 0 saturated carbocycles. The molecule has 3 heteroatoms. The summed E-state index contributed by atoms with van der Waals surface area (Å²) in [4.78, 5) is 2.56. The van der Waals surface area contributed by atoms with Crippen LogP contribution < -0.4 is 5.32 Å². The Kier molecular flexibility index (Phi) is 5.46. The minimum Gasteiger partial charge on any atom is -0.314 e. The zero-order valence-electron chi connectivity index (χ0n) is 10.6. The predicted octanol–water partition coefficient (Wildman–Crippen LogP) is 2.35. The number of nitrogens with zero attached hydrogens (tertiary/aromatic N) is 1. The Balaban J connectivity index is 1.59. The molecule has 1 unspecified atom stereocenters. The molecule has 2 aliphatic rings. The first-order chi connectivity index (χ1) is 7.86. The van der Waals surface area contributed by atoms with Gasteiger partial charge in [0.1, 0.15) is 0 Å². The maximum absolute atomic E-state index is 3.75. The van der Waals surface area contributed by atoms with E-state index in [9.17, 15) is 0 Å². The third-order valence-electron chi connectivity index (χ3n) is 4.05. The van der Waals surface area contributed by atoms with Crippen molar-refractivity contribution in [1.29, 1.82) is 0 Å². The van der Waals surface area contributed by atoms with Gasteiger partial charge >= 0.3 is 0 Å². The number of hydrogen-bond acceptors (Lipinski definition) is 3. The van der Waals surface area contributed by atoms with Gasteiger partial charge in [-0.05, 0) is 63.7 Å². The molecule has 2 heterocycles. The van der Waals surface area contributed by atoms with Crippen LogP contribution in [-0.4, -0.2) is 48.6 Å². The van der Waals surface area contributed by atoms with E-state index in [-0.39, 0.29) is 0 Å². The number of hydrogen-bond donors (Lipinski definition) is 1. The standard InChI is InChI=1S/C13H26N2S/c1-15-9-3-2-4-13(15)5-8-14-12-6-10-16-11-7-12/h12-14H,2-11H2,1H3. The normalized spacial score (nSPS) is 29.4. The maximum Gasteiger partial charge on any atom is 0.0104 e. The molecular formula is C13H26N2S. The van der Waals surface area contributed by atoms with Crippen LogP contribution in [0.4, 0.5) is 0 Å². The van der Waals surface area contributed by atoms with Gasteiger partial charge in [-0.2, -0.15) is 11.8 Å². The highest BCUT2D eigenvalue weighted by molar-refractivity contribution is 7.99. The minimum absolute atomic E-state index is 0.815. The van der Waals surface area contributed by atoms with Gasteiger partial charge in [0.2, 0.25) is 0 Å². The lowest BCUT2D eigenvalue weighted by Gasteiger charge is -2.33. The lowest BCUT2D eigenvalue weighted by Crippen LogP contribution is -2.40. The number of likely N-dealkylation sites (tertiary alicyclic amines) is 1. The lowest BCUT2D eigenvalue weighted by atomic mass is 10.00. The molecule has 0 aromatic rings. The molecule has 1 atom stereocenters. The van der Waals surface area contributed by atoms with Crippen molar-refractivity contribution in [3.05, 3.63) is 0 Å². The first kappa shape index (κ1) is 12.7. The smallest absolute Gasteiger partial charge is 0.0104 e. The van der Waals surface area contributed by atoms with Crippen LogP contribution in [0.25, 0.3) is 0 Å². The molecule has 0 radical (unpaired) electrons. The van der Waals surface area contributed by atoms with Crippen molar-refractivity contribution in [1.82, 2.24) is 10.2 Å². The Morgan fingerprint density at radius 3 is 2.75 bits per heavy atom. The highest BCUT2D eigenvalue weighted by Gasteiger charge is 2.19. The summed E-state index contributed by atoms with van der Waals surface area (Å²) >= 11 is 2.11. The first-order valence-corrected chi connectivity index (χ1v) is 8.03. The molecule has 0 amide bonds. The number of rotatable bonds is 4. The monoisotopic (exact) mass is 242 g/mol. The van der Waals surface area contributed by atoms with Crippen molar-refractivity contribution < 1.29 is 0 Å². The Morgan fingerprint density at radius 2 is 2.00 bits per heavy atom. The van der Waals surface area contributed by atoms with Gasteiger partial charge in [-0.1, -0.05) is 6.42 Å². The van der Waals surface area contributed by atoms with Crippen LogP contribution in [0.5, 0.6) is 0 Å². The topological polar surface area (TPSA) is 15.3 Å².